The molecule has 10 heteroatoms. The molecule has 4 amide bonds. The van der Waals surface area contributed by atoms with Crippen molar-refractivity contribution in [1.29, 1.82) is 0 Å². The molecule has 3 heterocycles. The third-order valence-corrected chi connectivity index (χ3v) is 6.87. The van der Waals surface area contributed by atoms with Crippen molar-refractivity contribution in [3.05, 3.63) is 29.8 Å². The van der Waals surface area contributed by atoms with Crippen LogP contribution in [0.25, 0.3) is 11.4 Å². The number of hydrogen-bond acceptors (Lipinski definition) is 5. The van der Waals surface area contributed by atoms with Gasteiger partial charge in [0.1, 0.15) is 17.2 Å². The minimum absolute atomic E-state index is 0.0351. The summed E-state index contributed by atoms with van der Waals surface area (Å²) < 4.78 is 16.5. The Bertz CT molecular complexity index is 1110. The van der Waals surface area contributed by atoms with E-state index in [2.05, 4.69) is 25.4 Å². The molecule has 174 valence electrons. The first-order chi connectivity index (χ1) is 16.0. The van der Waals surface area contributed by atoms with Gasteiger partial charge in [-0.1, -0.05) is 19.3 Å². The number of aromatic nitrogens is 3. The number of benzene rings is 1. The molecule has 9 nitrogen and oxygen atoms in total. The van der Waals surface area contributed by atoms with E-state index in [9.17, 15) is 18.8 Å². The minimum Gasteiger partial charge on any atom is -0.324 e. The number of carbonyl (C=O) groups is 3. The fourth-order valence-electron chi connectivity index (χ4n) is 5.08. The van der Waals surface area contributed by atoms with Crippen molar-refractivity contribution in [2.45, 2.75) is 69.9 Å². The smallest absolute Gasteiger partial charge is 0.324 e. The minimum atomic E-state index is -0.801. The number of nitrogens with one attached hydrogen (secondary N) is 2. The van der Waals surface area contributed by atoms with Crippen molar-refractivity contribution >= 4 is 23.5 Å². The number of hydrogen-bond donors (Lipinski definition) is 2. The number of fused-ring (bicyclic) bond motifs is 1. The van der Waals surface area contributed by atoms with Gasteiger partial charge in [0.05, 0.1) is 5.69 Å². The number of carbonyl (C=O) groups excluding carboxylic acids is 3. The molecule has 2 aliphatic heterocycles. The van der Waals surface area contributed by atoms with E-state index >= 15 is 0 Å². The van der Waals surface area contributed by atoms with Gasteiger partial charge in [-0.3, -0.25) is 14.5 Å². The molecule has 1 aliphatic carbocycles. The lowest BCUT2D eigenvalue weighted by Crippen LogP contribution is -2.44. The maximum atomic E-state index is 14.5. The first kappa shape index (κ1) is 21.5. The number of amides is 4. The maximum absolute atomic E-state index is 14.5. The highest BCUT2D eigenvalue weighted by Gasteiger charge is 2.52. The number of rotatable bonds is 5. The van der Waals surface area contributed by atoms with Crippen LogP contribution in [0.1, 0.15) is 57.2 Å². The van der Waals surface area contributed by atoms with Crippen molar-refractivity contribution in [3.63, 3.8) is 0 Å². The highest BCUT2D eigenvalue weighted by Crippen LogP contribution is 2.35. The Labute approximate surface area is 190 Å². The standard InChI is InChI=1S/C23H27FN6O3/c24-16-8-7-15(20-28-27-18-6-2-1-5-12-29(18)20)14-17(16)25-19(31)9-13-30-21(32)23(26-22(30)33)10-3-4-11-23/h7-8,14H,1-6,9-13H2,(H,25,31)(H,26,33). The van der Waals surface area contributed by atoms with Gasteiger partial charge >= 0.3 is 6.03 Å². The Morgan fingerprint density at radius 1 is 1.12 bits per heavy atom. The Morgan fingerprint density at radius 3 is 2.76 bits per heavy atom. The highest BCUT2D eigenvalue weighted by molar-refractivity contribution is 6.07. The molecule has 33 heavy (non-hydrogen) atoms. The predicted molar refractivity (Wildman–Crippen MR) is 118 cm³/mol. The van der Waals surface area contributed by atoms with E-state index in [0.717, 1.165) is 55.8 Å². The van der Waals surface area contributed by atoms with Gasteiger partial charge in [0.2, 0.25) is 5.91 Å². The molecule has 0 unspecified atom stereocenters. The maximum Gasteiger partial charge on any atom is 0.325 e. The largest absolute Gasteiger partial charge is 0.325 e. The summed E-state index contributed by atoms with van der Waals surface area (Å²) >= 11 is 0. The number of urea groups is 1. The number of aryl methyl sites for hydroxylation is 1. The predicted octanol–water partition coefficient (Wildman–Crippen LogP) is 3.00. The van der Waals surface area contributed by atoms with Crippen LogP contribution >= 0.6 is 0 Å². The van der Waals surface area contributed by atoms with Crippen molar-refractivity contribution in [2.24, 2.45) is 0 Å². The molecule has 3 aliphatic rings. The third-order valence-electron chi connectivity index (χ3n) is 6.87. The SMILES string of the molecule is O=C(CCN1C(=O)NC2(CCCC2)C1=O)Nc1cc(-c2nnc3n2CCCCC3)ccc1F. The van der Waals surface area contributed by atoms with Crippen LogP contribution in [-0.2, 0) is 22.6 Å². The average molecular weight is 455 g/mol. The van der Waals surface area contributed by atoms with E-state index in [4.69, 9.17) is 0 Å². The van der Waals surface area contributed by atoms with Crippen LogP contribution < -0.4 is 10.6 Å². The first-order valence-electron chi connectivity index (χ1n) is 11.6. The molecule has 5 rings (SSSR count). The first-order valence-corrected chi connectivity index (χ1v) is 11.6. The fourth-order valence-corrected chi connectivity index (χ4v) is 5.08. The van der Waals surface area contributed by atoms with Crippen molar-refractivity contribution in [3.8, 4) is 11.4 Å². The van der Waals surface area contributed by atoms with Gasteiger partial charge in [-0.25, -0.2) is 9.18 Å². The molecule has 1 aromatic carbocycles. The van der Waals surface area contributed by atoms with E-state index in [1.54, 1.807) is 12.1 Å². The lowest BCUT2D eigenvalue weighted by molar-refractivity contribution is -0.131. The molecular weight excluding hydrogens is 427 g/mol. The summed E-state index contributed by atoms with van der Waals surface area (Å²) in [6.07, 6.45) is 7.04. The molecule has 2 aromatic rings. The number of anilines is 1. The normalized spacial score (nSPS) is 19.5. The summed E-state index contributed by atoms with van der Waals surface area (Å²) in [6.45, 7) is 0.765. The monoisotopic (exact) mass is 454 g/mol. The molecular formula is C23H27FN6O3. The number of halogens is 1. The van der Waals surface area contributed by atoms with Crippen LogP contribution in [0.5, 0.6) is 0 Å². The molecule has 1 saturated carbocycles. The van der Waals surface area contributed by atoms with Crippen molar-refractivity contribution < 1.29 is 18.8 Å². The van der Waals surface area contributed by atoms with Gasteiger partial charge < -0.3 is 15.2 Å². The summed E-state index contributed by atoms with van der Waals surface area (Å²) in [5.74, 6) is 0.273. The van der Waals surface area contributed by atoms with Gasteiger partial charge in [-0.15, -0.1) is 10.2 Å². The van der Waals surface area contributed by atoms with E-state index in [1.165, 1.54) is 6.07 Å². The van der Waals surface area contributed by atoms with E-state index in [-0.39, 0.29) is 24.6 Å². The van der Waals surface area contributed by atoms with Crippen molar-refractivity contribution in [1.82, 2.24) is 25.0 Å². The molecule has 2 fully saturated rings. The highest BCUT2D eigenvalue weighted by atomic mass is 19.1. The van der Waals surface area contributed by atoms with Crippen LogP contribution in [0.4, 0.5) is 14.9 Å². The summed E-state index contributed by atoms with van der Waals surface area (Å²) in [5, 5.41) is 13.9. The van der Waals surface area contributed by atoms with Gasteiger partial charge in [-0.2, -0.15) is 0 Å². The molecule has 1 aromatic heterocycles. The van der Waals surface area contributed by atoms with E-state index < -0.39 is 23.3 Å². The average Bonchev–Trinajstić information content (AvgIpc) is 3.43. The third kappa shape index (κ3) is 3.98. The lowest BCUT2D eigenvalue weighted by atomic mass is 9.98. The van der Waals surface area contributed by atoms with Crippen LogP contribution in [-0.4, -0.2) is 49.6 Å². The quantitative estimate of drug-likeness (QED) is 0.675. The molecule has 1 spiro atoms. The van der Waals surface area contributed by atoms with E-state index in [0.29, 0.717) is 24.2 Å². The van der Waals surface area contributed by atoms with Crippen LogP contribution in [0.15, 0.2) is 18.2 Å². The zero-order valence-corrected chi connectivity index (χ0v) is 18.4. The van der Waals surface area contributed by atoms with Crippen molar-refractivity contribution in [2.75, 3.05) is 11.9 Å². The Hall–Kier alpha value is -3.30. The van der Waals surface area contributed by atoms with Crippen LogP contribution in [0, 0.1) is 5.82 Å². The van der Waals surface area contributed by atoms with Gasteiger partial charge in [-0.05, 0) is 43.9 Å². The van der Waals surface area contributed by atoms with Crippen LogP contribution in [0.3, 0.4) is 0 Å². The Morgan fingerprint density at radius 2 is 1.94 bits per heavy atom. The van der Waals surface area contributed by atoms with E-state index in [1.807, 2.05) is 0 Å². The van der Waals surface area contributed by atoms with Crippen LogP contribution in [0.2, 0.25) is 0 Å². The molecule has 2 N–H and O–H groups in total. The summed E-state index contributed by atoms with van der Waals surface area (Å²) in [4.78, 5) is 38.6. The second kappa shape index (κ2) is 8.57. The summed E-state index contributed by atoms with van der Waals surface area (Å²) in [6, 6.07) is 4.01. The fraction of sp³-hybridized carbons (Fsp3) is 0.522. The molecule has 0 atom stereocenters. The number of imide groups is 1. The van der Waals surface area contributed by atoms with Gasteiger partial charge in [0.25, 0.3) is 5.91 Å². The molecule has 0 radical (unpaired) electrons. The molecule has 0 bridgehead atoms. The topological polar surface area (TPSA) is 109 Å². The number of nitrogens with zero attached hydrogens (tertiary/aromatic N) is 4. The Balaban J connectivity index is 1.26. The zero-order chi connectivity index (χ0) is 23.0. The molecule has 1 saturated heterocycles. The lowest BCUT2D eigenvalue weighted by Gasteiger charge is -2.19. The Kier molecular flexibility index (Phi) is 5.59. The second-order valence-corrected chi connectivity index (χ2v) is 9.07. The van der Waals surface area contributed by atoms with Gasteiger partial charge in [0.15, 0.2) is 5.82 Å². The van der Waals surface area contributed by atoms with Gasteiger partial charge in [0, 0.05) is 31.5 Å². The summed E-state index contributed by atoms with van der Waals surface area (Å²) in [5.41, 5.74) is -0.0953. The summed E-state index contributed by atoms with van der Waals surface area (Å²) in [7, 11) is 0. The zero-order valence-electron chi connectivity index (χ0n) is 18.4. The second-order valence-electron chi connectivity index (χ2n) is 9.07.